The van der Waals surface area contributed by atoms with Crippen LogP contribution < -0.4 is 4.90 Å². The number of halogens is 1. The Hall–Kier alpha value is -1.52. The van der Waals surface area contributed by atoms with Gasteiger partial charge >= 0.3 is 5.97 Å². The molecular formula is C16H23ClN2O2. The molecule has 116 valence electrons. The molecule has 1 rings (SSSR count). The van der Waals surface area contributed by atoms with Gasteiger partial charge in [0.2, 0.25) is 0 Å². The van der Waals surface area contributed by atoms with Crippen LogP contribution in [0.15, 0.2) is 24.3 Å². The first-order valence-electron chi connectivity index (χ1n) is 7.05. The molecule has 1 aromatic carbocycles. The van der Waals surface area contributed by atoms with Gasteiger partial charge in [0.1, 0.15) is 0 Å². The number of carbonyl (C=O) groups is 1. The Labute approximate surface area is 131 Å². The van der Waals surface area contributed by atoms with Gasteiger partial charge in [-0.1, -0.05) is 30.7 Å². The van der Waals surface area contributed by atoms with Crippen molar-refractivity contribution in [2.24, 2.45) is 0 Å². The minimum atomic E-state index is -0.962. The lowest BCUT2D eigenvalue weighted by molar-refractivity contribution is -0.131. The van der Waals surface area contributed by atoms with Crippen molar-refractivity contribution in [3.8, 4) is 0 Å². The second kappa shape index (κ2) is 8.70. The zero-order chi connectivity index (χ0) is 15.8. The van der Waals surface area contributed by atoms with E-state index >= 15 is 0 Å². The first-order valence-corrected chi connectivity index (χ1v) is 7.42. The molecule has 0 spiro atoms. The molecule has 5 heteroatoms. The van der Waals surface area contributed by atoms with Gasteiger partial charge in [0.25, 0.3) is 0 Å². The van der Waals surface area contributed by atoms with E-state index in [0.29, 0.717) is 5.02 Å². The van der Waals surface area contributed by atoms with Crippen molar-refractivity contribution in [3.05, 3.63) is 34.9 Å². The van der Waals surface area contributed by atoms with Crippen LogP contribution in [0.3, 0.4) is 0 Å². The summed E-state index contributed by atoms with van der Waals surface area (Å²) in [5, 5.41) is 9.46. The molecule has 1 aromatic rings. The number of nitrogens with zero attached hydrogens (tertiary/aromatic N) is 2. The highest BCUT2D eigenvalue weighted by Crippen LogP contribution is 2.31. The smallest absolute Gasteiger partial charge is 0.328 e. The molecule has 0 aromatic heterocycles. The highest BCUT2D eigenvalue weighted by Gasteiger charge is 2.13. The minimum absolute atomic E-state index is 0.648. The lowest BCUT2D eigenvalue weighted by atomic mass is 10.1. The predicted molar refractivity (Wildman–Crippen MR) is 89.2 cm³/mol. The van der Waals surface area contributed by atoms with Crippen molar-refractivity contribution in [2.75, 3.05) is 38.6 Å². The largest absolute Gasteiger partial charge is 0.478 e. The van der Waals surface area contributed by atoms with Crippen LogP contribution in [-0.4, -0.2) is 49.7 Å². The van der Waals surface area contributed by atoms with E-state index in [9.17, 15) is 4.79 Å². The molecule has 4 nitrogen and oxygen atoms in total. The van der Waals surface area contributed by atoms with Gasteiger partial charge in [-0.25, -0.2) is 4.79 Å². The number of hydrogen-bond donors (Lipinski definition) is 1. The van der Waals surface area contributed by atoms with Crippen molar-refractivity contribution in [3.63, 3.8) is 0 Å². The monoisotopic (exact) mass is 310 g/mol. The van der Waals surface area contributed by atoms with Crippen molar-refractivity contribution < 1.29 is 9.90 Å². The number of rotatable bonds is 8. The molecule has 1 N–H and O–H groups in total. The van der Waals surface area contributed by atoms with Crippen LogP contribution in [0.25, 0.3) is 6.08 Å². The van der Waals surface area contributed by atoms with E-state index in [-0.39, 0.29) is 0 Å². The van der Waals surface area contributed by atoms with Crippen LogP contribution in [0.4, 0.5) is 5.69 Å². The number of para-hydroxylation sites is 1. The molecule has 0 saturated heterocycles. The Bertz CT molecular complexity index is 501. The number of carboxylic acids is 1. The van der Waals surface area contributed by atoms with Gasteiger partial charge in [0.15, 0.2) is 0 Å². The maximum atomic E-state index is 10.7. The van der Waals surface area contributed by atoms with Gasteiger partial charge in [-0.15, -0.1) is 0 Å². The second-order valence-electron chi connectivity index (χ2n) is 5.14. The standard InChI is InChI=1S/C16H23ClN2O2/c1-4-10-19(12-11-18(2)3)16-13(8-9-15(20)21)6-5-7-14(16)17/h5-9H,4,10-12H2,1-3H3,(H,20,21)/b9-8+. The maximum Gasteiger partial charge on any atom is 0.328 e. The lowest BCUT2D eigenvalue weighted by Crippen LogP contribution is -2.33. The van der Waals surface area contributed by atoms with Gasteiger partial charge in [-0.05, 0) is 38.2 Å². The lowest BCUT2D eigenvalue weighted by Gasteiger charge is -2.28. The number of anilines is 1. The van der Waals surface area contributed by atoms with Crippen molar-refractivity contribution in [1.82, 2.24) is 4.90 Å². The maximum absolute atomic E-state index is 10.7. The molecular weight excluding hydrogens is 288 g/mol. The molecule has 0 aliphatic rings. The fraction of sp³-hybridized carbons (Fsp3) is 0.438. The summed E-state index contributed by atoms with van der Waals surface area (Å²) >= 11 is 6.35. The molecule has 0 unspecified atom stereocenters. The number of hydrogen-bond acceptors (Lipinski definition) is 3. The Morgan fingerprint density at radius 3 is 2.57 bits per heavy atom. The zero-order valence-corrected chi connectivity index (χ0v) is 13.6. The summed E-state index contributed by atoms with van der Waals surface area (Å²) in [6, 6.07) is 5.57. The third kappa shape index (κ3) is 5.78. The van der Waals surface area contributed by atoms with Crippen molar-refractivity contribution >= 4 is 29.3 Å². The molecule has 0 fully saturated rings. The zero-order valence-electron chi connectivity index (χ0n) is 12.8. The Morgan fingerprint density at radius 2 is 2.00 bits per heavy atom. The third-order valence-corrected chi connectivity index (χ3v) is 3.36. The average molecular weight is 311 g/mol. The molecule has 0 saturated carbocycles. The number of carboxylic acid groups (broad SMARTS) is 1. The SMILES string of the molecule is CCCN(CCN(C)C)c1c(Cl)cccc1/C=C/C(=O)O. The average Bonchev–Trinajstić information content (AvgIpc) is 2.41. The summed E-state index contributed by atoms with van der Waals surface area (Å²) in [5.41, 5.74) is 1.73. The van der Waals surface area contributed by atoms with E-state index in [2.05, 4.69) is 16.7 Å². The fourth-order valence-electron chi connectivity index (χ4n) is 2.09. The van der Waals surface area contributed by atoms with Gasteiger partial charge < -0.3 is 14.9 Å². The van der Waals surface area contributed by atoms with Crippen LogP contribution in [0, 0.1) is 0 Å². The summed E-state index contributed by atoms with van der Waals surface area (Å²) in [6.07, 6.45) is 3.74. The summed E-state index contributed by atoms with van der Waals surface area (Å²) in [7, 11) is 4.06. The molecule has 0 atom stereocenters. The highest BCUT2D eigenvalue weighted by molar-refractivity contribution is 6.33. The third-order valence-electron chi connectivity index (χ3n) is 3.05. The van der Waals surface area contributed by atoms with Crippen LogP contribution >= 0.6 is 11.6 Å². The minimum Gasteiger partial charge on any atom is -0.478 e. The first-order chi connectivity index (χ1) is 9.95. The number of aliphatic carboxylic acids is 1. The predicted octanol–water partition coefficient (Wildman–Crippen LogP) is 3.22. The van der Waals surface area contributed by atoms with Crippen molar-refractivity contribution in [1.29, 1.82) is 0 Å². The van der Waals surface area contributed by atoms with Crippen LogP contribution in [0.2, 0.25) is 5.02 Å². The van der Waals surface area contributed by atoms with E-state index in [1.165, 1.54) is 0 Å². The summed E-state index contributed by atoms with van der Waals surface area (Å²) < 4.78 is 0. The van der Waals surface area contributed by atoms with E-state index in [4.69, 9.17) is 16.7 Å². The number of benzene rings is 1. The molecule has 0 aliphatic carbocycles. The topological polar surface area (TPSA) is 43.8 Å². The Morgan fingerprint density at radius 1 is 1.29 bits per heavy atom. The second-order valence-corrected chi connectivity index (χ2v) is 5.55. The first kappa shape index (κ1) is 17.5. The quantitative estimate of drug-likeness (QED) is 0.749. The van der Waals surface area contributed by atoms with Crippen LogP contribution in [-0.2, 0) is 4.79 Å². The molecule has 0 heterocycles. The summed E-state index contributed by atoms with van der Waals surface area (Å²) in [6.45, 7) is 4.75. The Kier molecular flexibility index (Phi) is 7.26. The fourth-order valence-corrected chi connectivity index (χ4v) is 2.39. The Balaban J connectivity index is 3.12. The molecule has 21 heavy (non-hydrogen) atoms. The number of likely N-dealkylation sites (N-methyl/N-ethyl adjacent to an activating group) is 1. The van der Waals surface area contributed by atoms with E-state index < -0.39 is 5.97 Å². The van der Waals surface area contributed by atoms with Crippen LogP contribution in [0.5, 0.6) is 0 Å². The normalized spacial score (nSPS) is 11.3. The highest BCUT2D eigenvalue weighted by atomic mass is 35.5. The van der Waals surface area contributed by atoms with Crippen LogP contribution in [0.1, 0.15) is 18.9 Å². The van der Waals surface area contributed by atoms with Gasteiger partial charge in [-0.2, -0.15) is 0 Å². The van der Waals surface area contributed by atoms with Gasteiger partial charge in [-0.3, -0.25) is 0 Å². The van der Waals surface area contributed by atoms with Crippen molar-refractivity contribution in [2.45, 2.75) is 13.3 Å². The van der Waals surface area contributed by atoms with E-state index in [1.807, 2.05) is 32.3 Å². The molecule has 0 aliphatic heterocycles. The summed E-state index contributed by atoms with van der Waals surface area (Å²) in [4.78, 5) is 15.1. The molecule has 0 bridgehead atoms. The van der Waals surface area contributed by atoms with E-state index in [0.717, 1.165) is 43.4 Å². The van der Waals surface area contributed by atoms with E-state index in [1.54, 1.807) is 6.08 Å². The molecule has 0 radical (unpaired) electrons. The van der Waals surface area contributed by atoms with Gasteiger partial charge in [0.05, 0.1) is 10.7 Å². The summed E-state index contributed by atoms with van der Waals surface area (Å²) in [5.74, 6) is -0.962. The molecule has 0 amide bonds. The van der Waals surface area contributed by atoms with Gasteiger partial charge in [0, 0.05) is 25.7 Å².